The monoisotopic (exact) mass is 295 g/mol. The zero-order valence-corrected chi connectivity index (χ0v) is 13.5. The minimum absolute atomic E-state index is 0.329. The highest BCUT2D eigenvalue weighted by Gasteiger charge is 2.28. The van der Waals surface area contributed by atoms with Crippen LogP contribution in [0.3, 0.4) is 0 Å². The van der Waals surface area contributed by atoms with Crippen LogP contribution in [0.25, 0.3) is 0 Å². The Balaban J connectivity index is 2.15. The lowest BCUT2D eigenvalue weighted by molar-refractivity contribution is -0.146. The van der Waals surface area contributed by atoms with Gasteiger partial charge in [-0.05, 0) is 38.0 Å². The van der Waals surface area contributed by atoms with Crippen molar-refractivity contribution >= 4 is 17.7 Å². The van der Waals surface area contributed by atoms with Gasteiger partial charge in [0.2, 0.25) is 0 Å². The molecule has 3 nitrogen and oxygen atoms in total. The molecule has 0 aromatic heterocycles. The van der Waals surface area contributed by atoms with Crippen molar-refractivity contribution in [1.29, 1.82) is 0 Å². The van der Waals surface area contributed by atoms with E-state index in [0.717, 1.165) is 24.3 Å². The third kappa shape index (κ3) is 5.97. The van der Waals surface area contributed by atoms with Crippen molar-refractivity contribution in [1.82, 2.24) is 0 Å². The fourth-order valence-corrected chi connectivity index (χ4v) is 2.99. The van der Waals surface area contributed by atoms with E-state index < -0.39 is 5.54 Å². The van der Waals surface area contributed by atoms with Gasteiger partial charge in [0.1, 0.15) is 5.54 Å². The maximum atomic E-state index is 11.4. The molecule has 1 atom stereocenters. The van der Waals surface area contributed by atoms with Gasteiger partial charge in [-0.2, -0.15) is 11.8 Å². The van der Waals surface area contributed by atoms with Crippen LogP contribution >= 0.6 is 11.8 Å². The second-order valence-corrected chi connectivity index (χ2v) is 6.51. The van der Waals surface area contributed by atoms with Gasteiger partial charge in [-0.1, -0.05) is 36.2 Å². The molecule has 4 heteroatoms. The summed E-state index contributed by atoms with van der Waals surface area (Å²) < 4.78 is 4.69. The topological polar surface area (TPSA) is 52.3 Å². The van der Waals surface area contributed by atoms with Crippen molar-refractivity contribution in [2.45, 2.75) is 44.4 Å². The number of carbonyl (C=O) groups excluding carboxylic acids is 1. The molecule has 0 saturated heterocycles. The van der Waals surface area contributed by atoms with E-state index in [2.05, 4.69) is 31.2 Å². The molecule has 0 heterocycles. The third-order valence-corrected chi connectivity index (χ3v) is 4.35. The first-order valence-corrected chi connectivity index (χ1v) is 8.12. The lowest BCUT2D eigenvalue weighted by Gasteiger charge is -2.20. The number of hydrogen-bond acceptors (Lipinski definition) is 4. The number of benzene rings is 1. The third-order valence-electron chi connectivity index (χ3n) is 3.24. The summed E-state index contributed by atoms with van der Waals surface area (Å²) in [5, 5.41) is 0. The van der Waals surface area contributed by atoms with Crippen LogP contribution in [-0.4, -0.2) is 24.4 Å². The van der Waals surface area contributed by atoms with Crippen molar-refractivity contribution in [3.05, 3.63) is 35.4 Å². The van der Waals surface area contributed by atoms with Gasteiger partial charge in [-0.3, -0.25) is 4.79 Å². The van der Waals surface area contributed by atoms with E-state index in [1.54, 1.807) is 6.92 Å². The summed E-state index contributed by atoms with van der Waals surface area (Å²) >= 11 is 1.92. The van der Waals surface area contributed by atoms with Gasteiger partial charge in [0.15, 0.2) is 0 Å². The number of hydrogen-bond donors (Lipinski definition) is 1. The van der Waals surface area contributed by atoms with Gasteiger partial charge < -0.3 is 10.5 Å². The number of nitrogens with two attached hydrogens (primary N) is 1. The lowest BCUT2D eigenvalue weighted by Crippen LogP contribution is -2.45. The zero-order valence-electron chi connectivity index (χ0n) is 12.6. The maximum Gasteiger partial charge on any atom is 0.325 e. The van der Waals surface area contributed by atoms with Crippen molar-refractivity contribution < 1.29 is 9.53 Å². The second kappa shape index (κ2) is 8.32. The molecule has 2 N–H and O–H groups in total. The second-order valence-electron chi connectivity index (χ2n) is 5.41. The molecular formula is C16H25NO2S. The maximum absolute atomic E-state index is 11.4. The molecule has 0 radical (unpaired) electrons. The Morgan fingerprint density at radius 3 is 2.80 bits per heavy atom. The number of methoxy groups -OCH3 is 1. The van der Waals surface area contributed by atoms with Crippen LogP contribution in [-0.2, 0) is 15.3 Å². The fourth-order valence-electron chi connectivity index (χ4n) is 2.02. The molecule has 0 saturated carbocycles. The summed E-state index contributed by atoms with van der Waals surface area (Å²) in [7, 11) is 1.38. The molecule has 1 rings (SSSR count). The van der Waals surface area contributed by atoms with Crippen LogP contribution in [0.2, 0.25) is 0 Å². The predicted molar refractivity (Wildman–Crippen MR) is 85.8 cm³/mol. The highest BCUT2D eigenvalue weighted by molar-refractivity contribution is 7.98. The number of esters is 1. The number of aryl methyl sites for hydroxylation is 1. The lowest BCUT2D eigenvalue weighted by atomic mass is 9.97. The van der Waals surface area contributed by atoms with Crippen LogP contribution in [0.4, 0.5) is 0 Å². The van der Waals surface area contributed by atoms with Gasteiger partial charge in [0, 0.05) is 5.75 Å². The molecule has 0 aliphatic rings. The molecule has 1 aromatic carbocycles. The van der Waals surface area contributed by atoms with Crippen LogP contribution in [0.1, 0.15) is 37.3 Å². The summed E-state index contributed by atoms with van der Waals surface area (Å²) in [4.78, 5) is 11.4. The summed E-state index contributed by atoms with van der Waals surface area (Å²) in [5.41, 5.74) is 7.74. The molecule has 1 aromatic rings. The van der Waals surface area contributed by atoms with Gasteiger partial charge in [0.05, 0.1) is 7.11 Å². The predicted octanol–water partition coefficient (Wildman–Crippen LogP) is 3.29. The van der Waals surface area contributed by atoms with Crippen LogP contribution in [0.15, 0.2) is 24.3 Å². The molecule has 0 aliphatic heterocycles. The molecule has 0 spiro atoms. The minimum Gasteiger partial charge on any atom is -0.468 e. The van der Waals surface area contributed by atoms with E-state index in [4.69, 9.17) is 10.5 Å². The van der Waals surface area contributed by atoms with Crippen LogP contribution in [0, 0.1) is 6.92 Å². The van der Waals surface area contributed by atoms with E-state index >= 15 is 0 Å². The first-order chi connectivity index (χ1) is 9.45. The zero-order chi connectivity index (χ0) is 15.0. The first kappa shape index (κ1) is 17.1. The Morgan fingerprint density at radius 1 is 1.40 bits per heavy atom. The molecule has 20 heavy (non-hydrogen) atoms. The van der Waals surface area contributed by atoms with Crippen LogP contribution in [0.5, 0.6) is 0 Å². The molecule has 1 unspecified atom stereocenters. The Bertz CT molecular complexity index is 432. The normalized spacial score (nSPS) is 13.8. The van der Waals surface area contributed by atoms with Gasteiger partial charge >= 0.3 is 5.97 Å². The Morgan fingerprint density at radius 2 is 2.15 bits per heavy atom. The van der Waals surface area contributed by atoms with Crippen molar-refractivity contribution in [3.63, 3.8) is 0 Å². The van der Waals surface area contributed by atoms with E-state index in [9.17, 15) is 4.79 Å². The average molecular weight is 295 g/mol. The Kier molecular flexibility index (Phi) is 7.10. The van der Waals surface area contributed by atoms with E-state index in [1.807, 2.05) is 11.8 Å². The minimum atomic E-state index is -0.851. The van der Waals surface area contributed by atoms with E-state index in [0.29, 0.717) is 6.42 Å². The summed E-state index contributed by atoms with van der Waals surface area (Å²) in [6.07, 6.45) is 2.69. The Labute approximate surface area is 126 Å². The smallest absolute Gasteiger partial charge is 0.325 e. The molecule has 0 fully saturated rings. The van der Waals surface area contributed by atoms with Crippen molar-refractivity contribution in [3.8, 4) is 0 Å². The molecule has 0 bridgehead atoms. The number of unbranched alkanes of at least 4 members (excludes halogenated alkanes) is 1. The average Bonchev–Trinajstić information content (AvgIpc) is 2.41. The quantitative estimate of drug-likeness (QED) is 0.590. The number of rotatable bonds is 8. The van der Waals surface area contributed by atoms with E-state index in [-0.39, 0.29) is 5.97 Å². The standard InChI is InChI=1S/C16H25NO2S/c1-13-7-6-8-14(11-13)12-20-10-5-4-9-16(2,17)15(18)19-3/h6-8,11H,4-5,9-10,12,17H2,1-3H3. The first-order valence-electron chi connectivity index (χ1n) is 6.96. The largest absolute Gasteiger partial charge is 0.468 e. The van der Waals surface area contributed by atoms with Gasteiger partial charge in [-0.25, -0.2) is 0 Å². The van der Waals surface area contributed by atoms with Crippen molar-refractivity contribution in [2.75, 3.05) is 12.9 Å². The van der Waals surface area contributed by atoms with Crippen LogP contribution < -0.4 is 5.73 Å². The highest BCUT2D eigenvalue weighted by atomic mass is 32.2. The van der Waals surface area contributed by atoms with Crippen molar-refractivity contribution in [2.24, 2.45) is 5.73 Å². The molecule has 0 amide bonds. The molecule has 0 aliphatic carbocycles. The summed E-state index contributed by atoms with van der Waals surface area (Å²) in [6, 6.07) is 8.60. The Hall–Kier alpha value is -1.00. The van der Waals surface area contributed by atoms with Gasteiger partial charge in [0.25, 0.3) is 0 Å². The fraction of sp³-hybridized carbons (Fsp3) is 0.562. The summed E-state index contributed by atoms with van der Waals surface area (Å²) in [5.74, 6) is 1.80. The molecular weight excluding hydrogens is 270 g/mol. The number of ether oxygens (including phenoxy) is 1. The number of carbonyl (C=O) groups is 1. The summed E-state index contributed by atoms with van der Waals surface area (Å²) in [6.45, 7) is 3.85. The SMILES string of the molecule is COC(=O)C(C)(N)CCCCSCc1cccc(C)c1. The van der Waals surface area contributed by atoms with Gasteiger partial charge in [-0.15, -0.1) is 0 Å². The highest BCUT2D eigenvalue weighted by Crippen LogP contribution is 2.17. The van der Waals surface area contributed by atoms with E-state index in [1.165, 1.54) is 18.2 Å². The molecule has 112 valence electrons. The number of thioether (sulfide) groups is 1.